The Kier molecular flexibility index (Phi) is 10.0. The van der Waals surface area contributed by atoms with Crippen LogP contribution in [0.4, 0.5) is 10.1 Å². The number of aromatic nitrogens is 5. The SMILES string of the molecule is CC.CC.Cc1cn2cc(F)ccc2n1.Cc1cn2cc(NCc3cccnc3)ccc2n1.[HH]. The van der Waals surface area contributed by atoms with E-state index < -0.39 is 0 Å². The Morgan fingerprint density at radius 1 is 0.818 bits per heavy atom. The zero-order valence-corrected chi connectivity index (χ0v) is 20.2. The summed E-state index contributed by atoms with van der Waals surface area (Å²) in [5, 5.41) is 3.37. The second kappa shape index (κ2) is 13.0. The van der Waals surface area contributed by atoms with Gasteiger partial charge in [0.1, 0.15) is 17.1 Å². The lowest BCUT2D eigenvalue weighted by Crippen LogP contribution is -2.00. The number of imidazole rings is 2. The Morgan fingerprint density at radius 2 is 1.42 bits per heavy atom. The predicted octanol–water partition coefficient (Wildman–Crippen LogP) is 6.73. The van der Waals surface area contributed by atoms with Gasteiger partial charge in [-0.15, -0.1) is 0 Å². The van der Waals surface area contributed by atoms with Crippen molar-refractivity contribution in [3.63, 3.8) is 0 Å². The Labute approximate surface area is 196 Å². The molecule has 0 saturated carbocycles. The molecule has 0 radical (unpaired) electrons. The van der Waals surface area contributed by atoms with Gasteiger partial charge in [0.25, 0.3) is 0 Å². The number of rotatable bonds is 3. The fourth-order valence-electron chi connectivity index (χ4n) is 3.02. The smallest absolute Gasteiger partial charge is 0.139 e. The van der Waals surface area contributed by atoms with E-state index in [1.165, 1.54) is 17.8 Å². The monoisotopic (exact) mass is 450 g/mol. The number of hydrogen-bond donors (Lipinski definition) is 1. The summed E-state index contributed by atoms with van der Waals surface area (Å²) in [5.74, 6) is -0.241. The summed E-state index contributed by atoms with van der Waals surface area (Å²) < 4.78 is 16.3. The number of aryl methyl sites for hydroxylation is 2. The summed E-state index contributed by atoms with van der Waals surface area (Å²) in [4.78, 5) is 12.6. The van der Waals surface area contributed by atoms with Crippen molar-refractivity contribution in [1.29, 1.82) is 0 Å². The van der Waals surface area contributed by atoms with Crippen molar-refractivity contribution in [2.45, 2.75) is 48.1 Å². The molecular weight excluding hydrogens is 415 g/mol. The number of nitrogens with zero attached hydrogens (tertiary/aromatic N) is 5. The minimum absolute atomic E-state index is 0. The van der Waals surface area contributed by atoms with E-state index in [0.29, 0.717) is 0 Å². The van der Waals surface area contributed by atoms with Crippen LogP contribution in [0.15, 0.2) is 73.6 Å². The van der Waals surface area contributed by atoms with Crippen molar-refractivity contribution in [3.8, 4) is 0 Å². The maximum Gasteiger partial charge on any atom is 0.139 e. The first kappa shape index (κ1) is 25.5. The molecule has 176 valence electrons. The van der Waals surface area contributed by atoms with Crippen molar-refractivity contribution in [3.05, 3.63) is 96.3 Å². The molecule has 0 aliphatic carbocycles. The standard InChI is InChI=1S/C14H14N4.C8H7FN2.2C2H6.H2/c1-11-9-18-10-13(4-5-14(18)17-11)16-8-12-3-2-6-15-7-12;1-6-4-11-5-7(9)2-3-8(11)10-6;2*1-2;/h2-7,9-10,16H,8H2,1H3;2-5H,1H3;2*1-2H3;1H. The van der Waals surface area contributed by atoms with Crippen LogP contribution in [0.3, 0.4) is 0 Å². The van der Waals surface area contributed by atoms with Gasteiger partial charge in [0.15, 0.2) is 0 Å². The molecule has 1 N–H and O–H groups in total. The highest BCUT2D eigenvalue weighted by molar-refractivity contribution is 5.50. The quantitative estimate of drug-likeness (QED) is 0.331. The summed E-state index contributed by atoms with van der Waals surface area (Å²) >= 11 is 0. The molecule has 6 nitrogen and oxygen atoms in total. The number of halogens is 1. The van der Waals surface area contributed by atoms with Crippen molar-refractivity contribution < 1.29 is 5.82 Å². The molecule has 0 unspecified atom stereocenters. The van der Waals surface area contributed by atoms with Gasteiger partial charge in [-0.3, -0.25) is 4.98 Å². The second-order valence-electron chi connectivity index (χ2n) is 6.78. The third-order valence-corrected chi connectivity index (χ3v) is 4.33. The summed E-state index contributed by atoms with van der Waals surface area (Å²) in [5.41, 5.74) is 5.92. The van der Waals surface area contributed by atoms with Gasteiger partial charge in [-0.2, -0.15) is 0 Å². The minimum atomic E-state index is -0.241. The second-order valence-corrected chi connectivity index (χ2v) is 6.78. The van der Waals surface area contributed by atoms with E-state index in [4.69, 9.17) is 0 Å². The van der Waals surface area contributed by atoms with E-state index in [0.717, 1.165) is 34.9 Å². The number of pyridine rings is 3. The molecule has 5 aromatic rings. The molecule has 0 spiro atoms. The first-order chi connectivity index (χ1) is 16.1. The summed E-state index contributed by atoms with van der Waals surface area (Å²) in [6.45, 7) is 12.6. The molecule has 0 atom stereocenters. The minimum Gasteiger partial charge on any atom is -0.380 e. The van der Waals surface area contributed by atoms with Crippen molar-refractivity contribution in [2.24, 2.45) is 0 Å². The molecule has 33 heavy (non-hydrogen) atoms. The molecule has 0 saturated heterocycles. The number of hydrogen-bond acceptors (Lipinski definition) is 4. The largest absolute Gasteiger partial charge is 0.380 e. The Hall–Kier alpha value is -3.74. The van der Waals surface area contributed by atoms with Crippen LogP contribution >= 0.6 is 0 Å². The molecule has 7 heteroatoms. The Balaban J connectivity index is 0.000000312. The van der Waals surface area contributed by atoms with Crippen molar-refractivity contribution >= 4 is 17.0 Å². The lowest BCUT2D eigenvalue weighted by Gasteiger charge is -2.06. The van der Waals surface area contributed by atoms with Crippen molar-refractivity contribution in [1.82, 2.24) is 23.8 Å². The Bertz CT molecular complexity index is 1250. The molecule has 0 fully saturated rings. The molecule has 5 heterocycles. The van der Waals surface area contributed by atoms with E-state index in [1.807, 2.05) is 82.7 Å². The van der Waals surface area contributed by atoms with E-state index >= 15 is 0 Å². The Morgan fingerprint density at radius 3 is 2.03 bits per heavy atom. The van der Waals surface area contributed by atoms with Crippen LogP contribution in [0.25, 0.3) is 11.3 Å². The van der Waals surface area contributed by atoms with Gasteiger partial charge in [0, 0.05) is 45.2 Å². The lowest BCUT2D eigenvalue weighted by molar-refractivity contribution is 0.619. The third-order valence-electron chi connectivity index (χ3n) is 4.33. The van der Waals surface area contributed by atoms with E-state index in [1.54, 1.807) is 22.9 Å². The van der Waals surface area contributed by atoms with E-state index in [-0.39, 0.29) is 7.24 Å². The van der Waals surface area contributed by atoms with Gasteiger partial charge in [-0.05, 0) is 49.7 Å². The topological polar surface area (TPSA) is 59.5 Å². The van der Waals surface area contributed by atoms with Gasteiger partial charge >= 0.3 is 0 Å². The third kappa shape index (κ3) is 7.42. The summed E-state index contributed by atoms with van der Waals surface area (Å²) in [7, 11) is 0. The molecule has 0 aromatic carbocycles. The highest BCUT2D eigenvalue weighted by Gasteiger charge is 1.99. The lowest BCUT2D eigenvalue weighted by atomic mass is 10.3. The van der Waals surface area contributed by atoms with Gasteiger partial charge in [0.2, 0.25) is 0 Å². The van der Waals surface area contributed by atoms with Gasteiger partial charge in [0.05, 0.1) is 17.1 Å². The average molecular weight is 451 g/mol. The number of anilines is 1. The summed E-state index contributed by atoms with van der Waals surface area (Å²) in [6, 6.07) is 11.1. The molecule has 0 amide bonds. The average Bonchev–Trinajstić information content (AvgIpc) is 3.41. The molecule has 5 rings (SSSR count). The van der Waals surface area contributed by atoms with Gasteiger partial charge < -0.3 is 14.1 Å². The molecule has 0 aliphatic rings. The summed E-state index contributed by atoms with van der Waals surface area (Å²) in [6.07, 6.45) is 10.9. The van der Waals surface area contributed by atoms with Crippen LogP contribution in [0, 0.1) is 19.7 Å². The van der Waals surface area contributed by atoms with Crippen LogP contribution < -0.4 is 5.32 Å². The molecule has 0 aliphatic heterocycles. The molecule has 5 aromatic heterocycles. The first-order valence-corrected chi connectivity index (χ1v) is 11.3. The zero-order valence-electron chi connectivity index (χ0n) is 20.2. The molecule has 0 bridgehead atoms. The highest BCUT2D eigenvalue weighted by atomic mass is 19.1. The highest BCUT2D eigenvalue weighted by Crippen LogP contribution is 2.12. The van der Waals surface area contributed by atoms with Crippen LogP contribution in [0.2, 0.25) is 0 Å². The van der Waals surface area contributed by atoms with E-state index in [9.17, 15) is 4.39 Å². The fourth-order valence-corrected chi connectivity index (χ4v) is 3.02. The maximum atomic E-state index is 12.6. The molecular formula is C26H35FN6. The van der Waals surface area contributed by atoms with Crippen molar-refractivity contribution in [2.75, 3.05) is 5.32 Å². The van der Waals surface area contributed by atoms with E-state index in [2.05, 4.69) is 26.3 Å². The van der Waals surface area contributed by atoms with Crippen LogP contribution in [-0.4, -0.2) is 23.8 Å². The number of fused-ring (bicyclic) bond motifs is 2. The number of nitrogens with one attached hydrogen (secondary N) is 1. The van der Waals surface area contributed by atoms with Gasteiger partial charge in [-0.1, -0.05) is 33.8 Å². The first-order valence-electron chi connectivity index (χ1n) is 11.3. The van der Waals surface area contributed by atoms with Gasteiger partial charge in [-0.25, -0.2) is 14.4 Å². The van der Waals surface area contributed by atoms with Crippen LogP contribution in [0.5, 0.6) is 0 Å². The maximum absolute atomic E-state index is 12.6. The van der Waals surface area contributed by atoms with Crippen LogP contribution in [0.1, 0.15) is 46.1 Å². The van der Waals surface area contributed by atoms with Crippen LogP contribution in [-0.2, 0) is 6.54 Å². The normalized spacial score (nSPS) is 9.79. The predicted molar refractivity (Wildman–Crippen MR) is 136 cm³/mol. The fraction of sp³-hybridized carbons (Fsp3) is 0.269. The zero-order chi connectivity index (χ0) is 24.2.